The van der Waals surface area contributed by atoms with Crippen molar-refractivity contribution in [2.45, 2.75) is 37.5 Å². The lowest BCUT2D eigenvalue weighted by molar-refractivity contribution is -0.142. The second-order valence-electron chi connectivity index (χ2n) is 9.31. The maximum absolute atomic E-state index is 13.7. The Hall–Kier alpha value is -3.32. The number of carbonyl (C=O) groups excluding carboxylic acids is 2. The smallest absolute Gasteiger partial charge is 0.233 e. The maximum atomic E-state index is 13.7. The molecule has 34 heavy (non-hydrogen) atoms. The molecule has 2 aliphatic rings. The van der Waals surface area contributed by atoms with Crippen LogP contribution < -0.4 is 5.32 Å². The molecule has 0 aliphatic carbocycles. The van der Waals surface area contributed by atoms with Gasteiger partial charge in [-0.2, -0.15) is 0 Å². The van der Waals surface area contributed by atoms with Gasteiger partial charge >= 0.3 is 0 Å². The summed E-state index contributed by atoms with van der Waals surface area (Å²) in [6, 6.07) is 15.7. The molecule has 2 saturated heterocycles. The summed E-state index contributed by atoms with van der Waals surface area (Å²) in [6.45, 7) is 2.60. The molecule has 3 heterocycles. The average Bonchev–Trinajstić information content (AvgIpc) is 2.89. The number of carbonyl (C=O) groups is 2. The van der Waals surface area contributed by atoms with E-state index in [-0.39, 0.29) is 17.7 Å². The van der Waals surface area contributed by atoms with E-state index < -0.39 is 5.41 Å². The first-order valence-electron chi connectivity index (χ1n) is 12.1. The van der Waals surface area contributed by atoms with Gasteiger partial charge in [0.1, 0.15) is 0 Å². The zero-order valence-corrected chi connectivity index (χ0v) is 19.3. The molecular weight excluding hydrogens is 428 g/mol. The molecule has 0 unspecified atom stereocenters. The normalized spacial score (nSPS) is 18.5. The van der Waals surface area contributed by atoms with Crippen LogP contribution in [0.25, 0.3) is 11.0 Å². The van der Waals surface area contributed by atoms with Gasteiger partial charge in [-0.3, -0.25) is 19.6 Å². The number of hydrogen-bond donors (Lipinski definition) is 1. The lowest BCUT2D eigenvalue weighted by atomic mass is 9.72. The number of benzene rings is 2. The topological polar surface area (TPSA) is 84.4 Å². The lowest BCUT2D eigenvalue weighted by Gasteiger charge is -2.42. The van der Waals surface area contributed by atoms with E-state index in [9.17, 15) is 9.59 Å². The molecule has 1 aromatic heterocycles. The Morgan fingerprint density at radius 3 is 2.41 bits per heavy atom. The molecule has 2 aliphatic heterocycles. The summed E-state index contributed by atoms with van der Waals surface area (Å²) in [5.74, 6) is 0.479. The highest BCUT2D eigenvalue weighted by molar-refractivity contribution is 5.93. The molecule has 2 aromatic carbocycles. The third-order valence-corrected chi connectivity index (χ3v) is 7.21. The van der Waals surface area contributed by atoms with Gasteiger partial charge in [0, 0.05) is 50.8 Å². The fraction of sp³-hybridized carbons (Fsp3) is 0.407. The van der Waals surface area contributed by atoms with Gasteiger partial charge in [0.15, 0.2) is 0 Å². The van der Waals surface area contributed by atoms with E-state index in [1.54, 1.807) is 12.4 Å². The zero-order chi connectivity index (χ0) is 23.4. The number of fused-ring (bicyclic) bond motifs is 1. The van der Waals surface area contributed by atoms with Crippen LogP contribution in [-0.2, 0) is 19.7 Å². The Balaban J connectivity index is 1.18. The van der Waals surface area contributed by atoms with Crippen molar-refractivity contribution in [3.05, 3.63) is 66.5 Å². The molecule has 0 spiro atoms. The zero-order valence-electron chi connectivity index (χ0n) is 19.3. The number of nitrogens with zero attached hydrogens (tertiary/aromatic N) is 3. The number of nitrogens with one attached hydrogen (secondary N) is 1. The summed E-state index contributed by atoms with van der Waals surface area (Å²) in [6.07, 6.45) is 6.86. The summed E-state index contributed by atoms with van der Waals surface area (Å²) < 4.78 is 5.59. The van der Waals surface area contributed by atoms with E-state index in [4.69, 9.17) is 4.74 Å². The molecular formula is C27H30N4O3. The molecule has 5 rings (SSSR count). The standard InChI is InChI=1S/C27H30N4O3/c32-25(30-22-6-7-23-24(19-22)29-13-12-28-23)18-20-8-14-31(15-9-20)26(33)27(10-16-34-17-11-27)21-4-2-1-3-5-21/h1-7,12-13,19-20H,8-11,14-18H2,(H,30,32). The summed E-state index contributed by atoms with van der Waals surface area (Å²) in [5.41, 5.74) is 2.88. The molecule has 176 valence electrons. The van der Waals surface area contributed by atoms with Crippen LogP contribution in [0.15, 0.2) is 60.9 Å². The van der Waals surface area contributed by atoms with Crippen molar-refractivity contribution in [3.63, 3.8) is 0 Å². The van der Waals surface area contributed by atoms with Crippen LogP contribution in [0, 0.1) is 5.92 Å². The summed E-state index contributed by atoms with van der Waals surface area (Å²) in [7, 11) is 0. The highest BCUT2D eigenvalue weighted by atomic mass is 16.5. The van der Waals surface area contributed by atoms with Gasteiger partial charge in [-0.1, -0.05) is 30.3 Å². The molecule has 3 aromatic rings. The monoisotopic (exact) mass is 458 g/mol. The summed E-state index contributed by atoms with van der Waals surface area (Å²) in [4.78, 5) is 37.0. The van der Waals surface area contributed by atoms with Crippen LogP contribution in [0.2, 0.25) is 0 Å². The van der Waals surface area contributed by atoms with Crippen molar-refractivity contribution in [2.75, 3.05) is 31.6 Å². The Bertz CT molecular complexity index is 1150. The van der Waals surface area contributed by atoms with Crippen molar-refractivity contribution in [1.29, 1.82) is 0 Å². The van der Waals surface area contributed by atoms with Crippen molar-refractivity contribution >= 4 is 28.5 Å². The Morgan fingerprint density at radius 1 is 0.971 bits per heavy atom. The van der Waals surface area contributed by atoms with Gasteiger partial charge in [0.25, 0.3) is 0 Å². The minimum absolute atomic E-state index is 0.00166. The number of aromatic nitrogens is 2. The first kappa shape index (κ1) is 22.5. The molecule has 2 amide bonds. The first-order valence-corrected chi connectivity index (χ1v) is 12.1. The van der Waals surface area contributed by atoms with Crippen LogP contribution in [0.5, 0.6) is 0 Å². The number of amides is 2. The second-order valence-corrected chi connectivity index (χ2v) is 9.31. The molecule has 1 N–H and O–H groups in total. The molecule has 7 heteroatoms. The third kappa shape index (κ3) is 4.66. The molecule has 0 atom stereocenters. The van der Waals surface area contributed by atoms with Crippen LogP contribution in [0.1, 0.15) is 37.7 Å². The predicted molar refractivity (Wildman–Crippen MR) is 130 cm³/mol. The van der Waals surface area contributed by atoms with Gasteiger partial charge in [-0.25, -0.2) is 0 Å². The fourth-order valence-electron chi connectivity index (χ4n) is 5.26. The number of anilines is 1. The molecule has 7 nitrogen and oxygen atoms in total. The summed E-state index contributed by atoms with van der Waals surface area (Å²) in [5, 5.41) is 2.99. The number of piperidine rings is 1. The molecule has 0 bridgehead atoms. The fourth-order valence-corrected chi connectivity index (χ4v) is 5.26. The molecule has 0 saturated carbocycles. The number of hydrogen-bond acceptors (Lipinski definition) is 5. The number of likely N-dealkylation sites (tertiary alicyclic amines) is 1. The van der Waals surface area contributed by atoms with E-state index in [0.717, 1.165) is 35.1 Å². The SMILES string of the molecule is O=C(CC1CCN(C(=O)C2(c3ccccc3)CCOCC2)CC1)Nc1ccc2nccnc2c1. The molecule has 2 fully saturated rings. The van der Waals surface area contributed by atoms with Gasteiger partial charge < -0.3 is 15.0 Å². The summed E-state index contributed by atoms with van der Waals surface area (Å²) >= 11 is 0. The van der Waals surface area contributed by atoms with E-state index in [1.165, 1.54) is 0 Å². The highest BCUT2D eigenvalue weighted by Gasteiger charge is 2.44. The van der Waals surface area contributed by atoms with E-state index in [2.05, 4.69) is 27.4 Å². The maximum Gasteiger partial charge on any atom is 0.233 e. The third-order valence-electron chi connectivity index (χ3n) is 7.21. The Kier molecular flexibility index (Phi) is 6.54. The Morgan fingerprint density at radius 2 is 1.68 bits per heavy atom. The van der Waals surface area contributed by atoms with Crippen molar-refractivity contribution in [2.24, 2.45) is 5.92 Å². The van der Waals surface area contributed by atoms with Crippen molar-refractivity contribution in [1.82, 2.24) is 14.9 Å². The van der Waals surface area contributed by atoms with Gasteiger partial charge in [-0.15, -0.1) is 0 Å². The van der Waals surface area contributed by atoms with Crippen LogP contribution >= 0.6 is 0 Å². The predicted octanol–water partition coefficient (Wildman–Crippen LogP) is 3.95. The van der Waals surface area contributed by atoms with E-state index in [1.807, 2.05) is 41.3 Å². The van der Waals surface area contributed by atoms with Crippen LogP contribution in [0.3, 0.4) is 0 Å². The Labute approximate surface area is 199 Å². The van der Waals surface area contributed by atoms with Crippen LogP contribution in [-0.4, -0.2) is 53.0 Å². The van der Waals surface area contributed by atoms with Crippen LogP contribution in [0.4, 0.5) is 5.69 Å². The minimum Gasteiger partial charge on any atom is -0.381 e. The van der Waals surface area contributed by atoms with Gasteiger partial charge in [0.05, 0.1) is 16.4 Å². The van der Waals surface area contributed by atoms with E-state index in [0.29, 0.717) is 45.6 Å². The average molecular weight is 459 g/mol. The number of rotatable bonds is 5. The van der Waals surface area contributed by atoms with Gasteiger partial charge in [0.2, 0.25) is 11.8 Å². The quantitative estimate of drug-likeness (QED) is 0.626. The van der Waals surface area contributed by atoms with Crippen molar-refractivity contribution < 1.29 is 14.3 Å². The first-order chi connectivity index (χ1) is 16.6. The molecule has 0 radical (unpaired) electrons. The van der Waals surface area contributed by atoms with E-state index >= 15 is 0 Å². The largest absolute Gasteiger partial charge is 0.381 e. The van der Waals surface area contributed by atoms with Crippen molar-refractivity contribution in [3.8, 4) is 0 Å². The second kappa shape index (κ2) is 9.89. The lowest BCUT2D eigenvalue weighted by Crippen LogP contribution is -2.52. The van der Waals surface area contributed by atoms with Gasteiger partial charge in [-0.05, 0) is 55.4 Å². The number of ether oxygens (including phenoxy) is 1. The highest BCUT2D eigenvalue weighted by Crippen LogP contribution is 2.38. The minimum atomic E-state index is -0.497.